The first-order chi connectivity index (χ1) is 7.92. The van der Waals surface area contributed by atoms with Crippen molar-refractivity contribution in [3.05, 3.63) is 0 Å². The largest absolute Gasteiger partial charge is 0.465 e. The lowest BCUT2D eigenvalue weighted by atomic mass is 10.2. The lowest BCUT2D eigenvalue weighted by molar-refractivity contribution is -0.146. The van der Waals surface area contributed by atoms with Crippen LogP contribution in [0.2, 0.25) is 0 Å². The molecule has 4 nitrogen and oxygen atoms in total. The van der Waals surface area contributed by atoms with Gasteiger partial charge in [0.25, 0.3) is 0 Å². The fourth-order valence-electron chi connectivity index (χ4n) is 1.62. The second kappa shape index (κ2) is 8.48. The predicted octanol–water partition coefficient (Wildman–Crippen LogP) is 1.65. The van der Waals surface area contributed by atoms with Crippen molar-refractivity contribution >= 4 is 5.97 Å². The van der Waals surface area contributed by atoms with Gasteiger partial charge in [0.1, 0.15) is 6.04 Å². The number of hydrogen-bond acceptors (Lipinski definition) is 4. The minimum Gasteiger partial charge on any atom is -0.465 e. The number of esters is 1. The van der Waals surface area contributed by atoms with E-state index in [1.807, 2.05) is 27.8 Å². The zero-order valence-corrected chi connectivity index (χ0v) is 12.1. The average Bonchev–Trinajstić information content (AvgIpc) is 2.26. The number of hydrogen-bond donors (Lipinski definition) is 1. The summed E-state index contributed by atoms with van der Waals surface area (Å²) in [6.45, 7) is 11.3. The van der Waals surface area contributed by atoms with Crippen LogP contribution in [0.25, 0.3) is 0 Å². The van der Waals surface area contributed by atoms with Crippen molar-refractivity contribution in [2.45, 2.75) is 59.2 Å². The summed E-state index contributed by atoms with van der Waals surface area (Å²) < 4.78 is 5.09. The minimum absolute atomic E-state index is 0.156. The van der Waals surface area contributed by atoms with E-state index in [1.165, 1.54) is 0 Å². The van der Waals surface area contributed by atoms with Gasteiger partial charge in [-0.2, -0.15) is 0 Å². The molecule has 2 unspecified atom stereocenters. The predicted molar refractivity (Wildman–Crippen MR) is 71.1 cm³/mol. The third-order valence-electron chi connectivity index (χ3n) is 2.92. The molecule has 0 aliphatic heterocycles. The molecule has 0 aromatic carbocycles. The van der Waals surface area contributed by atoms with Crippen molar-refractivity contribution in [2.24, 2.45) is 0 Å². The number of carbonyl (C=O) groups excluding carboxylic acids is 1. The smallest absolute Gasteiger partial charge is 0.324 e. The summed E-state index contributed by atoms with van der Waals surface area (Å²) >= 11 is 0. The van der Waals surface area contributed by atoms with Gasteiger partial charge >= 0.3 is 5.97 Å². The molecule has 0 heterocycles. The molecule has 17 heavy (non-hydrogen) atoms. The fourth-order valence-corrected chi connectivity index (χ4v) is 1.62. The maximum Gasteiger partial charge on any atom is 0.324 e. The van der Waals surface area contributed by atoms with Crippen molar-refractivity contribution in [1.82, 2.24) is 10.2 Å². The molecule has 1 N–H and O–H groups in total. The van der Waals surface area contributed by atoms with E-state index in [1.54, 1.807) is 0 Å². The van der Waals surface area contributed by atoms with Crippen molar-refractivity contribution in [2.75, 3.05) is 20.2 Å². The van der Waals surface area contributed by atoms with Crippen LogP contribution in [0.3, 0.4) is 0 Å². The molecule has 0 aliphatic carbocycles. The molecule has 0 bridgehead atoms. The molecule has 0 spiro atoms. The zero-order valence-electron chi connectivity index (χ0n) is 12.1. The van der Waals surface area contributed by atoms with Crippen LogP contribution < -0.4 is 5.32 Å². The zero-order chi connectivity index (χ0) is 13.4. The van der Waals surface area contributed by atoms with Crippen LogP contribution in [0.15, 0.2) is 0 Å². The highest BCUT2D eigenvalue weighted by Crippen LogP contribution is 2.03. The van der Waals surface area contributed by atoms with E-state index < -0.39 is 0 Å². The molecule has 2 atom stereocenters. The monoisotopic (exact) mass is 244 g/mol. The summed E-state index contributed by atoms with van der Waals surface area (Å²) in [6.07, 6.45) is 1.08. The highest BCUT2D eigenvalue weighted by molar-refractivity contribution is 5.76. The van der Waals surface area contributed by atoms with Gasteiger partial charge in [0.15, 0.2) is 0 Å². The highest BCUT2D eigenvalue weighted by atomic mass is 16.5. The van der Waals surface area contributed by atoms with Crippen LogP contribution in [0.4, 0.5) is 0 Å². The molecule has 0 fully saturated rings. The summed E-state index contributed by atoms with van der Waals surface area (Å²) in [5.41, 5.74) is 0. The Kier molecular flexibility index (Phi) is 8.17. The molecule has 4 heteroatoms. The van der Waals surface area contributed by atoms with Crippen molar-refractivity contribution < 1.29 is 9.53 Å². The molecule has 0 rings (SSSR count). The number of carbonyl (C=O) groups is 1. The standard InChI is InChI=1S/C13H28N2O2/c1-7-11(5)15(6)9-12(14-10(3)4)13(16)17-8-2/h10-12,14H,7-9H2,1-6H3. The Morgan fingerprint density at radius 3 is 2.29 bits per heavy atom. The van der Waals surface area contributed by atoms with Gasteiger partial charge in [-0.1, -0.05) is 20.8 Å². The number of ether oxygens (including phenoxy) is 1. The molecule has 0 aliphatic rings. The molecule has 0 aromatic heterocycles. The molecule has 0 amide bonds. The lowest BCUT2D eigenvalue weighted by Gasteiger charge is -2.29. The van der Waals surface area contributed by atoms with Crippen LogP contribution in [0.1, 0.15) is 41.0 Å². The minimum atomic E-state index is -0.242. The average molecular weight is 244 g/mol. The Bertz CT molecular complexity index is 219. The van der Waals surface area contributed by atoms with Crippen molar-refractivity contribution in [1.29, 1.82) is 0 Å². The SMILES string of the molecule is CCOC(=O)C(CN(C)C(C)CC)NC(C)C. The molecular formula is C13H28N2O2. The normalized spacial score (nSPS) is 15.1. The maximum absolute atomic E-state index is 11.8. The van der Waals surface area contributed by atoms with Crippen LogP contribution >= 0.6 is 0 Å². The van der Waals surface area contributed by atoms with E-state index in [0.29, 0.717) is 19.2 Å². The van der Waals surface area contributed by atoms with Gasteiger partial charge in [-0.15, -0.1) is 0 Å². The van der Waals surface area contributed by atoms with Gasteiger partial charge in [-0.05, 0) is 27.3 Å². The van der Waals surface area contributed by atoms with Crippen LogP contribution in [-0.4, -0.2) is 49.2 Å². The lowest BCUT2D eigenvalue weighted by Crippen LogP contribution is -2.50. The number of likely N-dealkylation sites (N-methyl/N-ethyl adjacent to an activating group) is 1. The quantitative estimate of drug-likeness (QED) is 0.659. The summed E-state index contributed by atoms with van der Waals surface area (Å²) in [5.74, 6) is -0.156. The molecule has 102 valence electrons. The van der Waals surface area contributed by atoms with Crippen molar-refractivity contribution in [3.8, 4) is 0 Å². The number of nitrogens with one attached hydrogen (secondary N) is 1. The highest BCUT2D eigenvalue weighted by Gasteiger charge is 2.23. The maximum atomic E-state index is 11.8. The molecule has 0 saturated carbocycles. The Morgan fingerprint density at radius 1 is 1.29 bits per heavy atom. The third kappa shape index (κ3) is 6.64. The molecular weight excluding hydrogens is 216 g/mol. The van der Waals surface area contributed by atoms with Gasteiger partial charge in [-0.25, -0.2) is 0 Å². The first-order valence-electron chi connectivity index (χ1n) is 6.55. The van der Waals surface area contributed by atoms with Gasteiger partial charge in [-0.3, -0.25) is 4.79 Å². The topological polar surface area (TPSA) is 41.6 Å². The van der Waals surface area contributed by atoms with E-state index >= 15 is 0 Å². The number of rotatable bonds is 8. The van der Waals surface area contributed by atoms with Gasteiger partial charge in [0.05, 0.1) is 6.61 Å². The summed E-state index contributed by atoms with van der Waals surface area (Å²) in [6, 6.07) is 0.504. The third-order valence-corrected chi connectivity index (χ3v) is 2.92. The van der Waals surface area contributed by atoms with Crippen LogP contribution in [0, 0.1) is 0 Å². The first-order valence-corrected chi connectivity index (χ1v) is 6.55. The molecule has 0 aromatic rings. The van der Waals surface area contributed by atoms with E-state index in [-0.39, 0.29) is 18.1 Å². The fraction of sp³-hybridized carbons (Fsp3) is 0.923. The number of nitrogens with zero attached hydrogens (tertiary/aromatic N) is 1. The Hall–Kier alpha value is -0.610. The van der Waals surface area contributed by atoms with E-state index in [0.717, 1.165) is 6.42 Å². The summed E-state index contributed by atoms with van der Waals surface area (Å²) in [4.78, 5) is 14.0. The Morgan fingerprint density at radius 2 is 1.88 bits per heavy atom. The summed E-state index contributed by atoms with van der Waals surface area (Å²) in [7, 11) is 2.04. The Balaban J connectivity index is 4.42. The summed E-state index contributed by atoms with van der Waals surface area (Å²) in [5, 5.41) is 3.26. The van der Waals surface area contributed by atoms with Crippen molar-refractivity contribution in [3.63, 3.8) is 0 Å². The van der Waals surface area contributed by atoms with E-state index in [2.05, 4.69) is 24.1 Å². The van der Waals surface area contributed by atoms with Gasteiger partial charge in [0, 0.05) is 18.6 Å². The van der Waals surface area contributed by atoms with Crippen LogP contribution in [0.5, 0.6) is 0 Å². The van der Waals surface area contributed by atoms with Gasteiger partial charge in [0.2, 0.25) is 0 Å². The molecule has 0 saturated heterocycles. The van der Waals surface area contributed by atoms with Gasteiger partial charge < -0.3 is 15.0 Å². The van der Waals surface area contributed by atoms with E-state index in [9.17, 15) is 4.79 Å². The Labute approximate surface area is 106 Å². The first kappa shape index (κ1) is 16.4. The second-order valence-corrected chi connectivity index (χ2v) is 4.82. The second-order valence-electron chi connectivity index (χ2n) is 4.82. The van der Waals surface area contributed by atoms with E-state index in [4.69, 9.17) is 4.74 Å². The molecule has 0 radical (unpaired) electrons. The van der Waals surface area contributed by atoms with Crippen LogP contribution in [-0.2, 0) is 9.53 Å².